The van der Waals surface area contributed by atoms with Gasteiger partial charge in [0.05, 0.1) is 18.3 Å². The van der Waals surface area contributed by atoms with Crippen LogP contribution in [0.5, 0.6) is 0 Å². The second-order valence-electron chi connectivity index (χ2n) is 5.93. The van der Waals surface area contributed by atoms with Crippen molar-refractivity contribution < 1.29 is 9.59 Å². The summed E-state index contributed by atoms with van der Waals surface area (Å²) in [5, 5.41) is 11.8. The second kappa shape index (κ2) is 9.71. The van der Waals surface area contributed by atoms with Crippen LogP contribution >= 0.6 is 11.6 Å². The molecule has 26 heavy (non-hydrogen) atoms. The number of nitriles is 1. The number of unbranched alkanes of at least 4 members (excludes halogenated alkanes) is 1. The molecule has 0 radical (unpaired) electrons. The summed E-state index contributed by atoms with van der Waals surface area (Å²) >= 11 is 6.04. The first-order chi connectivity index (χ1) is 12.5. The molecule has 2 aromatic rings. The summed E-state index contributed by atoms with van der Waals surface area (Å²) < 4.78 is 0. The van der Waals surface area contributed by atoms with E-state index in [1.807, 2.05) is 18.0 Å². The van der Waals surface area contributed by atoms with E-state index in [0.717, 1.165) is 0 Å². The Labute approximate surface area is 158 Å². The molecule has 0 heterocycles. The molecule has 0 aromatic heterocycles. The monoisotopic (exact) mass is 369 g/mol. The third-order valence-corrected chi connectivity index (χ3v) is 4.01. The third kappa shape index (κ3) is 5.69. The molecule has 0 spiro atoms. The summed E-state index contributed by atoms with van der Waals surface area (Å²) in [6.07, 6.45) is 1.16. The van der Waals surface area contributed by atoms with E-state index in [0.29, 0.717) is 41.2 Å². The first kappa shape index (κ1) is 19.6. The fraction of sp³-hybridized carbons (Fsp3) is 0.250. The van der Waals surface area contributed by atoms with Gasteiger partial charge in [-0.2, -0.15) is 5.26 Å². The number of nitrogens with one attached hydrogen (secondary N) is 1. The van der Waals surface area contributed by atoms with Gasteiger partial charge in [0.1, 0.15) is 0 Å². The minimum atomic E-state index is -0.228. The predicted molar refractivity (Wildman–Crippen MR) is 102 cm³/mol. The molecule has 0 unspecified atom stereocenters. The number of anilines is 1. The lowest BCUT2D eigenvalue weighted by atomic mass is 10.0. The van der Waals surface area contributed by atoms with Gasteiger partial charge in [0, 0.05) is 22.6 Å². The molecule has 0 bridgehead atoms. The molecule has 1 N–H and O–H groups in total. The van der Waals surface area contributed by atoms with Crippen LogP contribution in [-0.4, -0.2) is 36.7 Å². The largest absolute Gasteiger partial charge is 0.324 e. The number of carbonyl (C=O) groups excluding carboxylic acids is 2. The predicted octanol–water partition coefficient (Wildman–Crippen LogP) is 3.75. The van der Waals surface area contributed by atoms with Crippen molar-refractivity contribution in [3.63, 3.8) is 0 Å². The van der Waals surface area contributed by atoms with Crippen molar-refractivity contribution in [3.05, 3.63) is 64.7 Å². The number of hydrogen-bond acceptors (Lipinski definition) is 4. The van der Waals surface area contributed by atoms with Crippen LogP contribution in [0.15, 0.2) is 48.5 Å². The summed E-state index contributed by atoms with van der Waals surface area (Å²) in [6.45, 7) is 0.824. The van der Waals surface area contributed by atoms with Gasteiger partial charge >= 0.3 is 0 Å². The van der Waals surface area contributed by atoms with Crippen LogP contribution in [0, 0.1) is 11.3 Å². The highest BCUT2D eigenvalue weighted by Crippen LogP contribution is 2.23. The molecule has 0 aliphatic rings. The number of nitrogens with zero attached hydrogens (tertiary/aromatic N) is 2. The fourth-order valence-corrected chi connectivity index (χ4v) is 2.67. The Balaban J connectivity index is 2.11. The number of benzene rings is 2. The van der Waals surface area contributed by atoms with Crippen molar-refractivity contribution in [2.45, 2.75) is 12.8 Å². The van der Waals surface area contributed by atoms with E-state index >= 15 is 0 Å². The molecule has 0 atom stereocenters. The smallest absolute Gasteiger partial charge is 0.238 e. The molecule has 0 aliphatic heterocycles. The average Bonchev–Trinajstić information content (AvgIpc) is 2.63. The summed E-state index contributed by atoms with van der Waals surface area (Å²) in [6, 6.07) is 15.7. The van der Waals surface area contributed by atoms with Gasteiger partial charge in [-0.25, -0.2) is 0 Å². The van der Waals surface area contributed by atoms with Gasteiger partial charge in [-0.15, -0.1) is 0 Å². The first-order valence-electron chi connectivity index (χ1n) is 8.26. The number of carbonyl (C=O) groups is 2. The lowest BCUT2D eigenvalue weighted by molar-refractivity contribution is -0.117. The standard InChI is InChI=1S/C20H20ClN3O2/c1-24(12-6-5-11-22)14-19(25)23-18-10-9-16(21)13-17(18)20(26)15-7-3-2-4-8-15/h2-4,7-10,13H,5-6,12,14H2,1H3,(H,23,25). The zero-order valence-corrected chi connectivity index (χ0v) is 15.3. The first-order valence-corrected chi connectivity index (χ1v) is 8.63. The number of halogens is 1. The lowest BCUT2D eigenvalue weighted by Gasteiger charge is -2.16. The Morgan fingerprint density at radius 1 is 1.19 bits per heavy atom. The van der Waals surface area contributed by atoms with Crippen LogP contribution in [-0.2, 0) is 4.79 Å². The molecule has 2 rings (SSSR count). The summed E-state index contributed by atoms with van der Waals surface area (Å²) in [5.74, 6) is -0.431. The molecule has 134 valence electrons. The molecule has 6 heteroatoms. The van der Waals surface area contributed by atoms with E-state index in [-0.39, 0.29) is 18.2 Å². The zero-order valence-electron chi connectivity index (χ0n) is 14.5. The van der Waals surface area contributed by atoms with Crippen molar-refractivity contribution in [2.75, 3.05) is 25.5 Å². The Morgan fingerprint density at radius 2 is 1.92 bits per heavy atom. The molecule has 1 amide bonds. The summed E-state index contributed by atoms with van der Waals surface area (Å²) in [7, 11) is 1.81. The van der Waals surface area contributed by atoms with Crippen molar-refractivity contribution >= 4 is 29.0 Å². The molecule has 0 saturated carbocycles. The van der Waals surface area contributed by atoms with E-state index in [9.17, 15) is 9.59 Å². The number of likely N-dealkylation sites (N-methyl/N-ethyl adjacent to an activating group) is 1. The number of rotatable bonds is 8. The van der Waals surface area contributed by atoms with Crippen LogP contribution < -0.4 is 5.32 Å². The Kier molecular flexibility index (Phi) is 7.34. The van der Waals surface area contributed by atoms with E-state index in [4.69, 9.17) is 16.9 Å². The minimum Gasteiger partial charge on any atom is -0.324 e. The number of ketones is 1. The molecule has 2 aromatic carbocycles. The zero-order chi connectivity index (χ0) is 18.9. The molecule has 0 aliphatic carbocycles. The highest BCUT2D eigenvalue weighted by Gasteiger charge is 2.16. The van der Waals surface area contributed by atoms with Gasteiger partial charge in [-0.1, -0.05) is 41.9 Å². The molecule has 5 nitrogen and oxygen atoms in total. The topological polar surface area (TPSA) is 73.2 Å². The van der Waals surface area contributed by atoms with Gasteiger partial charge in [0.15, 0.2) is 5.78 Å². The van der Waals surface area contributed by atoms with Gasteiger partial charge in [-0.3, -0.25) is 14.5 Å². The average molecular weight is 370 g/mol. The SMILES string of the molecule is CN(CCCC#N)CC(=O)Nc1ccc(Cl)cc1C(=O)c1ccccc1. The molecular formula is C20H20ClN3O2. The van der Waals surface area contributed by atoms with Gasteiger partial charge in [0.25, 0.3) is 0 Å². The summed E-state index contributed by atoms with van der Waals surface area (Å²) in [5.41, 5.74) is 1.31. The third-order valence-electron chi connectivity index (χ3n) is 3.78. The maximum Gasteiger partial charge on any atom is 0.238 e. The Bertz CT molecular complexity index is 816. The Morgan fingerprint density at radius 3 is 2.62 bits per heavy atom. The summed E-state index contributed by atoms with van der Waals surface area (Å²) in [4.78, 5) is 26.9. The van der Waals surface area contributed by atoms with Crippen LogP contribution in [0.1, 0.15) is 28.8 Å². The molecular weight excluding hydrogens is 350 g/mol. The van der Waals surface area contributed by atoms with Gasteiger partial charge < -0.3 is 5.32 Å². The van der Waals surface area contributed by atoms with E-state index < -0.39 is 0 Å². The number of amides is 1. The van der Waals surface area contributed by atoms with Crippen molar-refractivity contribution in [1.82, 2.24) is 4.90 Å². The van der Waals surface area contributed by atoms with Crippen molar-refractivity contribution in [2.24, 2.45) is 0 Å². The highest BCUT2D eigenvalue weighted by molar-refractivity contribution is 6.31. The van der Waals surface area contributed by atoms with E-state index in [2.05, 4.69) is 11.4 Å². The van der Waals surface area contributed by atoms with Crippen LogP contribution in [0.25, 0.3) is 0 Å². The van der Waals surface area contributed by atoms with Crippen LogP contribution in [0.4, 0.5) is 5.69 Å². The molecule has 0 fully saturated rings. The van der Waals surface area contributed by atoms with Crippen molar-refractivity contribution in [3.8, 4) is 6.07 Å². The van der Waals surface area contributed by atoms with E-state index in [1.165, 1.54) is 0 Å². The van der Waals surface area contributed by atoms with Gasteiger partial charge in [-0.05, 0) is 38.2 Å². The quantitative estimate of drug-likeness (QED) is 0.568. The Hall–Kier alpha value is -2.68. The lowest BCUT2D eigenvalue weighted by Crippen LogP contribution is -2.31. The molecule has 0 saturated heterocycles. The van der Waals surface area contributed by atoms with E-state index in [1.54, 1.807) is 42.5 Å². The highest BCUT2D eigenvalue weighted by atomic mass is 35.5. The van der Waals surface area contributed by atoms with Crippen molar-refractivity contribution in [1.29, 1.82) is 5.26 Å². The van der Waals surface area contributed by atoms with Crippen LogP contribution in [0.2, 0.25) is 5.02 Å². The maximum absolute atomic E-state index is 12.7. The second-order valence-corrected chi connectivity index (χ2v) is 6.37. The fourth-order valence-electron chi connectivity index (χ4n) is 2.50. The minimum absolute atomic E-state index is 0.174. The number of hydrogen-bond donors (Lipinski definition) is 1. The van der Waals surface area contributed by atoms with Gasteiger partial charge in [0.2, 0.25) is 5.91 Å². The maximum atomic E-state index is 12.7. The normalized spacial score (nSPS) is 10.4. The van der Waals surface area contributed by atoms with Crippen LogP contribution in [0.3, 0.4) is 0 Å².